The van der Waals surface area contributed by atoms with Crippen molar-refractivity contribution in [3.63, 3.8) is 0 Å². The number of piperidine rings is 1. The van der Waals surface area contributed by atoms with Gasteiger partial charge in [-0.3, -0.25) is 4.79 Å². The molecule has 1 N–H and O–H groups in total. The van der Waals surface area contributed by atoms with Crippen LogP contribution in [0.25, 0.3) is 0 Å². The van der Waals surface area contributed by atoms with Gasteiger partial charge >= 0.3 is 0 Å². The summed E-state index contributed by atoms with van der Waals surface area (Å²) < 4.78 is 52.3. The quantitative estimate of drug-likeness (QED) is 0.605. The Bertz CT molecular complexity index is 1220. The van der Waals surface area contributed by atoms with Gasteiger partial charge in [-0.2, -0.15) is 4.31 Å². The number of anilines is 2. The van der Waals surface area contributed by atoms with E-state index in [0.717, 1.165) is 25.5 Å². The number of sulfone groups is 1. The molecule has 8 nitrogen and oxygen atoms in total. The molecule has 1 fully saturated rings. The smallest absolute Gasteiger partial charge is 0.257 e. The van der Waals surface area contributed by atoms with Crippen LogP contribution in [0.1, 0.15) is 43.5 Å². The predicted octanol–water partition coefficient (Wildman–Crippen LogP) is 3.36. The van der Waals surface area contributed by atoms with Gasteiger partial charge in [0.1, 0.15) is 0 Å². The molecule has 1 saturated heterocycles. The van der Waals surface area contributed by atoms with E-state index in [1.165, 1.54) is 22.5 Å². The Kier molecular flexibility index (Phi) is 7.81. The number of carbonyl (C=O) groups is 1. The first-order chi connectivity index (χ1) is 15.6. The van der Waals surface area contributed by atoms with Crippen LogP contribution in [-0.4, -0.2) is 59.5 Å². The molecule has 3 rings (SSSR count). The Morgan fingerprint density at radius 3 is 2.21 bits per heavy atom. The van der Waals surface area contributed by atoms with Gasteiger partial charge in [0.25, 0.3) is 5.91 Å². The Morgan fingerprint density at radius 2 is 1.61 bits per heavy atom. The molecule has 1 aliphatic rings. The number of nitrogens with one attached hydrogen (secondary N) is 1. The Balaban J connectivity index is 2.05. The monoisotopic (exact) mass is 493 g/mol. The third-order valence-electron chi connectivity index (χ3n) is 5.80. The highest BCUT2D eigenvalue weighted by molar-refractivity contribution is 7.90. The molecular formula is C23H31N3O5S2. The van der Waals surface area contributed by atoms with Crippen LogP contribution in [0.15, 0.2) is 52.3 Å². The van der Waals surface area contributed by atoms with Crippen molar-refractivity contribution in [3.05, 3.63) is 48.0 Å². The van der Waals surface area contributed by atoms with Gasteiger partial charge in [0, 0.05) is 32.4 Å². The Hall–Kier alpha value is -2.43. The molecule has 0 saturated carbocycles. The zero-order valence-corrected chi connectivity index (χ0v) is 20.9. The van der Waals surface area contributed by atoms with E-state index in [4.69, 9.17) is 0 Å². The van der Waals surface area contributed by atoms with Gasteiger partial charge in [-0.05, 0) is 57.0 Å². The van der Waals surface area contributed by atoms with Gasteiger partial charge < -0.3 is 10.2 Å². The number of hydrogen-bond donors (Lipinski definition) is 1. The Labute approximate surface area is 196 Å². The minimum absolute atomic E-state index is 0.00906. The third kappa shape index (κ3) is 5.56. The summed E-state index contributed by atoms with van der Waals surface area (Å²) in [6, 6.07) is 10.7. The number of carbonyl (C=O) groups excluding carboxylic acids is 1. The largest absolute Gasteiger partial charge is 0.370 e. The molecule has 0 spiro atoms. The van der Waals surface area contributed by atoms with E-state index in [2.05, 4.69) is 5.32 Å². The number of benzene rings is 2. The van der Waals surface area contributed by atoms with Gasteiger partial charge in [0.05, 0.1) is 26.7 Å². The number of rotatable bonds is 8. The standard InChI is InChI=1S/C23H31N3O5S2/c1-4-25(5-2)21-14-13-18(33(30,31)26-15-9-6-10-16-26)17-20(21)24-23(27)19-11-7-8-12-22(19)32(3,28)29/h7-8,11-14,17H,4-6,9-10,15-16H2,1-3H3,(H,24,27). The second kappa shape index (κ2) is 10.2. The van der Waals surface area contributed by atoms with Crippen LogP contribution >= 0.6 is 0 Å². The molecule has 0 atom stereocenters. The first kappa shape index (κ1) is 25.2. The Morgan fingerprint density at radius 1 is 0.970 bits per heavy atom. The van der Waals surface area contributed by atoms with E-state index in [1.807, 2.05) is 18.7 Å². The highest BCUT2D eigenvalue weighted by Crippen LogP contribution is 2.32. The fourth-order valence-corrected chi connectivity index (χ4v) is 6.47. The molecule has 2 aromatic rings. The average Bonchev–Trinajstić information content (AvgIpc) is 2.80. The lowest BCUT2D eigenvalue weighted by Crippen LogP contribution is -2.35. The summed E-state index contributed by atoms with van der Waals surface area (Å²) in [4.78, 5) is 15.2. The molecule has 1 amide bonds. The molecule has 33 heavy (non-hydrogen) atoms. The molecule has 1 aliphatic heterocycles. The minimum atomic E-state index is -3.70. The minimum Gasteiger partial charge on any atom is -0.370 e. The van der Waals surface area contributed by atoms with Crippen molar-refractivity contribution < 1.29 is 21.6 Å². The van der Waals surface area contributed by atoms with Crippen LogP contribution in [0.2, 0.25) is 0 Å². The molecule has 180 valence electrons. The molecule has 10 heteroatoms. The number of nitrogens with zero attached hydrogens (tertiary/aromatic N) is 2. The summed E-state index contributed by atoms with van der Waals surface area (Å²) in [5, 5.41) is 2.78. The summed E-state index contributed by atoms with van der Waals surface area (Å²) in [6.45, 7) is 6.18. The van der Waals surface area contributed by atoms with Crippen molar-refractivity contribution in [1.29, 1.82) is 0 Å². The molecule has 0 aromatic heterocycles. The highest BCUT2D eigenvalue weighted by atomic mass is 32.2. The van der Waals surface area contributed by atoms with E-state index in [1.54, 1.807) is 24.3 Å². The van der Waals surface area contributed by atoms with Crippen LogP contribution in [0.5, 0.6) is 0 Å². The normalized spacial score (nSPS) is 15.2. The van der Waals surface area contributed by atoms with E-state index >= 15 is 0 Å². The van der Waals surface area contributed by atoms with Crippen molar-refractivity contribution >= 4 is 37.1 Å². The van der Waals surface area contributed by atoms with Crippen LogP contribution in [-0.2, 0) is 19.9 Å². The van der Waals surface area contributed by atoms with Crippen LogP contribution in [0, 0.1) is 0 Å². The van der Waals surface area contributed by atoms with Crippen LogP contribution in [0.4, 0.5) is 11.4 Å². The van der Waals surface area contributed by atoms with Gasteiger partial charge in [0.2, 0.25) is 10.0 Å². The van der Waals surface area contributed by atoms with Gasteiger partial charge in [-0.25, -0.2) is 16.8 Å². The molecule has 1 heterocycles. The zero-order valence-electron chi connectivity index (χ0n) is 19.2. The SMILES string of the molecule is CCN(CC)c1ccc(S(=O)(=O)N2CCCCC2)cc1NC(=O)c1ccccc1S(C)(=O)=O. The fraction of sp³-hybridized carbons (Fsp3) is 0.435. The van der Waals surface area contributed by atoms with E-state index in [-0.39, 0.29) is 15.4 Å². The second-order valence-electron chi connectivity index (χ2n) is 8.04. The van der Waals surface area contributed by atoms with E-state index in [9.17, 15) is 21.6 Å². The third-order valence-corrected chi connectivity index (χ3v) is 8.85. The molecule has 0 aliphatic carbocycles. The van der Waals surface area contributed by atoms with Gasteiger partial charge in [0.15, 0.2) is 9.84 Å². The van der Waals surface area contributed by atoms with Crippen molar-refractivity contribution in [1.82, 2.24) is 4.31 Å². The highest BCUT2D eigenvalue weighted by Gasteiger charge is 2.28. The number of sulfonamides is 1. The fourth-order valence-electron chi connectivity index (χ4n) is 4.04. The van der Waals surface area contributed by atoms with E-state index in [0.29, 0.717) is 37.6 Å². The summed E-state index contributed by atoms with van der Waals surface area (Å²) in [5.41, 5.74) is 1.00. The summed E-state index contributed by atoms with van der Waals surface area (Å²) in [6.07, 6.45) is 3.70. The molecular weight excluding hydrogens is 462 g/mol. The molecule has 0 radical (unpaired) electrons. The lowest BCUT2D eigenvalue weighted by Gasteiger charge is -2.28. The van der Waals surface area contributed by atoms with Crippen molar-refractivity contribution in [2.45, 2.75) is 42.9 Å². The summed E-state index contributed by atoms with van der Waals surface area (Å²) in [5.74, 6) is -0.614. The maximum Gasteiger partial charge on any atom is 0.257 e. The zero-order chi connectivity index (χ0) is 24.2. The molecule has 0 unspecified atom stereocenters. The van der Waals surface area contributed by atoms with Crippen LogP contribution in [0.3, 0.4) is 0 Å². The average molecular weight is 494 g/mol. The maximum absolute atomic E-state index is 13.2. The number of hydrogen-bond acceptors (Lipinski definition) is 6. The predicted molar refractivity (Wildman–Crippen MR) is 130 cm³/mol. The first-order valence-electron chi connectivity index (χ1n) is 11.1. The van der Waals surface area contributed by atoms with E-state index < -0.39 is 25.8 Å². The first-order valence-corrected chi connectivity index (χ1v) is 14.4. The van der Waals surface area contributed by atoms with Gasteiger partial charge in [-0.15, -0.1) is 0 Å². The van der Waals surface area contributed by atoms with Crippen molar-refractivity contribution in [2.75, 3.05) is 42.7 Å². The molecule has 0 bridgehead atoms. The topological polar surface area (TPSA) is 104 Å². The lowest BCUT2D eigenvalue weighted by molar-refractivity contribution is 0.102. The lowest BCUT2D eigenvalue weighted by atomic mass is 10.2. The van der Waals surface area contributed by atoms with Crippen LogP contribution < -0.4 is 10.2 Å². The maximum atomic E-state index is 13.2. The van der Waals surface area contributed by atoms with Gasteiger partial charge in [-0.1, -0.05) is 18.6 Å². The number of amides is 1. The van der Waals surface area contributed by atoms with Crippen molar-refractivity contribution in [2.24, 2.45) is 0 Å². The summed E-state index contributed by atoms with van der Waals surface area (Å²) >= 11 is 0. The second-order valence-corrected chi connectivity index (χ2v) is 12.0. The van der Waals surface area contributed by atoms with Crippen molar-refractivity contribution in [3.8, 4) is 0 Å². The molecule has 2 aromatic carbocycles. The summed E-state index contributed by atoms with van der Waals surface area (Å²) in [7, 11) is -7.33.